The van der Waals surface area contributed by atoms with E-state index in [-0.39, 0.29) is 22.0 Å². The summed E-state index contributed by atoms with van der Waals surface area (Å²) in [4.78, 5) is 28.3. The van der Waals surface area contributed by atoms with Crippen LogP contribution in [0.5, 0.6) is 0 Å². The summed E-state index contributed by atoms with van der Waals surface area (Å²) in [6.07, 6.45) is 8.52. The molecule has 1 N–H and O–H groups in total. The normalized spacial score (nSPS) is 23.2. The predicted octanol–water partition coefficient (Wildman–Crippen LogP) is 10.3. The van der Waals surface area contributed by atoms with Gasteiger partial charge in [-0.3, -0.25) is 4.79 Å². The third-order valence-electron chi connectivity index (χ3n) is 10.8. The smallest absolute Gasteiger partial charge is 0.335 e. The number of carbonyl (C=O) groups is 2. The number of hydrogen-bond acceptors (Lipinski definition) is 4. The van der Waals surface area contributed by atoms with Crippen molar-refractivity contribution in [2.75, 3.05) is 4.90 Å². The summed E-state index contributed by atoms with van der Waals surface area (Å²) in [7, 11) is 0. The van der Waals surface area contributed by atoms with Gasteiger partial charge in [0.2, 0.25) is 0 Å². The summed E-state index contributed by atoms with van der Waals surface area (Å²) in [5.41, 5.74) is 13.4. The molecule has 1 saturated carbocycles. The molecular formula is C42H39NO3S. The molecule has 0 radical (unpaired) electrons. The van der Waals surface area contributed by atoms with Crippen molar-refractivity contribution in [1.29, 1.82) is 0 Å². The van der Waals surface area contributed by atoms with Gasteiger partial charge in [-0.1, -0.05) is 82.7 Å². The Morgan fingerprint density at radius 1 is 0.915 bits per heavy atom. The summed E-state index contributed by atoms with van der Waals surface area (Å²) >= 11 is 1.80. The highest BCUT2D eigenvalue weighted by molar-refractivity contribution is 8.10. The van der Waals surface area contributed by atoms with E-state index < -0.39 is 5.97 Å². The molecule has 2 aliphatic heterocycles. The van der Waals surface area contributed by atoms with Gasteiger partial charge in [0, 0.05) is 56.5 Å². The second kappa shape index (κ2) is 11.1. The first kappa shape index (κ1) is 30.0. The maximum atomic E-state index is 13.0. The lowest BCUT2D eigenvalue weighted by Gasteiger charge is -2.29. The summed E-state index contributed by atoms with van der Waals surface area (Å²) in [6, 6.07) is 28.4. The molecule has 4 aromatic rings. The predicted molar refractivity (Wildman–Crippen MR) is 193 cm³/mol. The molecule has 5 aliphatic rings. The van der Waals surface area contributed by atoms with Crippen LogP contribution in [-0.2, 0) is 11.8 Å². The number of hydrogen-bond donors (Lipinski definition) is 1. The minimum Gasteiger partial charge on any atom is -0.478 e. The molecule has 2 heterocycles. The summed E-state index contributed by atoms with van der Waals surface area (Å²) in [5.74, 6) is -0.396. The van der Waals surface area contributed by atoms with E-state index in [4.69, 9.17) is 0 Å². The standard InChI is InChI=1S/C40H33NO3S.C2H6/c1-40(2)33-8-4-3-6-29(33)31-20-26(12-14-34(31)40)41-35-9-5-7-30(35)32-19-22(11-15-36(32)41)37-21-27(45-37)18-25-17-24-16-23(39(43)44)10-13-28(24)38(25)42;1-2/h3-4,6,8,10-16,18-21,27,30,35H,5,7,9,17H2,1-2H3,(H,43,44);1-2H3/b25-18-;. The number of nitrogens with zero attached hydrogens (tertiary/aromatic N) is 1. The first-order valence-corrected chi connectivity index (χ1v) is 17.8. The van der Waals surface area contributed by atoms with Gasteiger partial charge in [-0.15, -0.1) is 11.8 Å². The van der Waals surface area contributed by atoms with Gasteiger partial charge >= 0.3 is 5.97 Å². The summed E-state index contributed by atoms with van der Waals surface area (Å²) in [6.45, 7) is 8.68. The van der Waals surface area contributed by atoms with Gasteiger partial charge in [0.25, 0.3) is 0 Å². The van der Waals surface area contributed by atoms with Gasteiger partial charge in [0.05, 0.1) is 5.56 Å². The molecule has 0 spiro atoms. The van der Waals surface area contributed by atoms with Crippen LogP contribution in [0.3, 0.4) is 0 Å². The third kappa shape index (κ3) is 4.57. The van der Waals surface area contributed by atoms with E-state index in [2.05, 4.69) is 91.6 Å². The molecule has 0 saturated heterocycles. The van der Waals surface area contributed by atoms with Crippen LogP contribution in [0.15, 0.2) is 96.6 Å². The number of carboxylic acids is 1. The quantitative estimate of drug-likeness (QED) is 0.226. The number of Topliss-reactive ketones (excluding diaryl/α,β-unsaturated/α-hetero) is 1. The Bertz CT molecular complexity index is 2050. The molecule has 4 aromatic carbocycles. The highest BCUT2D eigenvalue weighted by atomic mass is 32.2. The summed E-state index contributed by atoms with van der Waals surface area (Å²) in [5, 5.41) is 9.48. The molecule has 236 valence electrons. The average Bonchev–Trinajstić information content (AvgIpc) is 3.80. The van der Waals surface area contributed by atoms with E-state index in [1.54, 1.807) is 23.9 Å². The fourth-order valence-electron chi connectivity index (χ4n) is 8.63. The molecule has 9 rings (SSSR count). The largest absolute Gasteiger partial charge is 0.478 e. The maximum Gasteiger partial charge on any atom is 0.335 e. The minimum atomic E-state index is -0.965. The number of fused-ring (bicyclic) bond motifs is 7. The fourth-order valence-corrected chi connectivity index (χ4v) is 9.63. The van der Waals surface area contributed by atoms with Gasteiger partial charge in [-0.05, 0) is 94.3 Å². The average molecular weight is 638 g/mol. The molecule has 5 heteroatoms. The molecule has 0 aromatic heterocycles. The van der Waals surface area contributed by atoms with E-state index >= 15 is 0 Å². The number of thioether (sulfide) groups is 1. The minimum absolute atomic E-state index is 0.0129. The number of rotatable bonds is 4. The number of anilines is 2. The van der Waals surface area contributed by atoms with Crippen molar-refractivity contribution in [3.63, 3.8) is 0 Å². The number of allylic oxidation sites excluding steroid dienone is 1. The Balaban J connectivity index is 0.00000159. The lowest BCUT2D eigenvalue weighted by Crippen LogP contribution is -2.26. The molecule has 4 nitrogen and oxygen atoms in total. The van der Waals surface area contributed by atoms with Crippen molar-refractivity contribution >= 4 is 39.8 Å². The third-order valence-corrected chi connectivity index (χ3v) is 12.0. The Morgan fingerprint density at radius 2 is 1.70 bits per heavy atom. The van der Waals surface area contributed by atoms with Crippen LogP contribution < -0.4 is 4.90 Å². The van der Waals surface area contributed by atoms with Crippen LogP contribution in [0, 0.1) is 0 Å². The van der Waals surface area contributed by atoms with Crippen LogP contribution >= 0.6 is 11.8 Å². The topological polar surface area (TPSA) is 57.6 Å². The van der Waals surface area contributed by atoms with Crippen LogP contribution in [0.1, 0.15) is 101 Å². The number of carboxylic acid groups (broad SMARTS) is 1. The highest BCUT2D eigenvalue weighted by Gasteiger charge is 2.43. The second-order valence-corrected chi connectivity index (χ2v) is 14.9. The van der Waals surface area contributed by atoms with E-state index in [9.17, 15) is 14.7 Å². The lowest BCUT2D eigenvalue weighted by molar-refractivity contribution is 0.0696. The van der Waals surface area contributed by atoms with Gasteiger partial charge < -0.3 is 10.0 Å². The van der Waals surface area contributed by atoms with Crippen LogP contribution in [-0.4, -0.2) is 28.2 Å². The summed E-state index contributed by atoms with van der Waals surface area (Å²) < 4.78 is 0. The molecule has 3 atom stereocenters. The van der Waals surface area contributed by atoms with Crippen molar-refractivity contribution in [2.24, 2.45) is 0 Å². The second-order valence-electron chi connectivity index (χ2n) is 13.6. The van der Waals surface area contributed by atoms with Crippen LogP contribution in [0.25, 0.3) is 16.0 Å². The van der Waals surface area contributed by atoms with Crippen LogP contribution in [0.2, 0.25) is 0 Å². The Morgan fingerprint density at radius 3 is 2.51 bits per heavy atom. The number of benzene rings is 4. The van der Waals surface area contributed by atoms with E-state index in [1.165, 1.54) is 75.0 Å². The van der Waals surface area contributed by atoms with Gasteiger partial charge in [-0.25, -0.2) is 4.79 Å². The molecule has 1 fully saturated rings. The van der Waals surface area contributed by atoms with Crippen LogP contribution in [0.4, 0.5) is 11.4 Å². The molecule has 47 heavy (non-hydrogen) atoms. The monoisotopic (exact) mass is 637 g/mol. The zero-order valence-corrected chi connectivity index (χ0v) is 28.2. The van der Waals surface area contributed by atoms with Crippen molar-refractivity contribution < 1.29 is 14.7 Å². The van der Waals surface area contributed by atoms with Gasteiger partial charge in [0.15, 0.2) is 5.78 Å². The van der Waals surface area contributed by atoms with Crippen molar-refractivity contribution in [3.8, 4) is 11.1 Å². The Hall–Kier alpha value is -4.35. The molecule has 0 amide bonds. The lowest BCUT2D eigenvalue weighted by atomic mass is 9.82. The zero-order chi connectivity index (χ0) is 32.6. The Kier molecular flexibility index (Phi) is 7.10. The number of carbonyl (C=O) groups excluding carboxylic acids is 1. The first-order valence-electron chi connectivity index (χ1n) is 17.0. The van der Waals surface area contributed by atoms with Crippen molar-refractivity contribution in [3.05, 3.63) is 136 Å². The number of aromatic carboxylic acids is 1. The maximum absolute atomic E-state index is 13.0. The van der Waals surface area contributed by atoms with Crippen molar-refractivity contribution in [1.82, 2.24) is 0 Å². The molecule has 0 bridgehead atoms. The van der Waals surface area contributed by atoms with E-state index in [0.717, 1.165) is 11.1 Å². The SMILES string of the molecule is CC.CC1(C)c2ccccc2-c2cc(N3c4ccc(C5=CC(/C=C6/Cc7cc(C(=O)O)ccc7C6=O)S5)cc4C4CCCC43)ccc21. The molecular weight excluding hydrogens is 599 g/mol. The fraction of sp³-hybridized carbons (Fsp3) is 0.286. The zero-order valence-electron chi connectivity index (χ0n) is 27.3. The molecule has 3 aliphatic carbocycles. The Labute approximate surface area is 281 Å². The highest BCUT2D eigenvalue weighted by Crippen LogP contribution is 2.56. The van der Waals surface area contributed by atoms with E-state index in [1.807, 2.05) is 13.8 Å². The first-order chi connectivity index (χ1) is 22.8. The van der Waals surface area contributed by atoms with Crippen molar-refractivity contribution in [2.45, 2.75) is 76.0 Å². The molecule has 3 unspecified atom stereocenters. The van der Waals surface area contributed by atoms with E-state index in [0.29, 0.717) is 23.9 Å². The van der Waals surface area contributed by atoms with Gasteiger partial charge in [-0.2, -0.15) is 0 Å². The van der Waals surface area contributed by atoms with Gasteiger partial charge in [0.1, 0.15) is 0 Å². The number of ketones is 1.